The zero-order valence-electron chi connectivity index (χ0n) is 19.8. The van der Waals surface area contributed by atoms with Gasteiger partial charge >= 0.3 is 23.4 Å². The summed E-state index contributed by atoms with van der Waals surface area (Å²) in [4.78, 5) is 40.0. The molecular weight excluding hydrogens is 578 g/mol. The first-order valence-corrected chi connectivity index (χ1v) is 13.4. The van der Waals surface area contributed by atoms with Crippen LogP contribution < -0.4 is 9.47 Å². The predicted octanol–water partition coefficient (Wildman–Crippen LogP) is 1.67. The molecule has 17 nitrogen and oxygen atoms in total. The molecule has 40 heavy (non-hydrogen) atoms. The lowest BCUT2D eigenvalue weighted by atomic mass is 10.1. The van der Waals surface area contributed by atoms with Crippen molar-refractivity contribution in [2.75, 3.05) is 6.26 Å². The number of carboxylic acids is 1. The van der Waals surface area contributed by atoms with Gasteiger partial charge in [0, 0.05) is 17.6 Å². The molecule has 0 fully saturated rings. The quantitative estimate of drug-likeness (QED) is 0.143. The zero-order valence-corrected chi connectivity index (χ0v) is 21.4. The lowest BCUT2D eigenvalue weighted by molar-refractivity contribution is -0.387. The van der Waals surface area contributed by atoms with E-state index in [9.17, 15) is 47.3 Å². The molecule has 1 N–H and O–H groups in total. The minimum atomic E-state index is -4.30. The molecule has 0 spiro atoms. The summed E-state index contributed by atoms with van der Waals surface area (Å²) in [6, 6.07) is 9.21. The predicted molar refractivity (Wildman–Crippen MR) is 129 cm³/mol. The number of aliphatic carboxylic acids is 1. The summed E-state index contributed by atoms with van der Waals surface area (Å²) in [6.07, 6.45) is -1.72. The van der Waals surface area contributed by atoms with Crippen LogP contribution in [0.25, 0.3) is 0 Å². The largest absolute Gasteiger partial charge is 0.768 e. The van der Waals surface area contributed by atoms with E-state index in [0.29, 0.717) is 6.26 Å². The number of ether oxygens (including phenoxy) is 2. The van der Waals surface area contributed by atoms with Crippen LogP contribution in [-0.4, -0.2) is 60.4 Å². The molecule has 0 aliphatic carbocycles. The van der Waals surface area contributed by atoms with Gasteiger partial charge in [0.15, 0.2) is 0 Å². The van der Waals surface area contributed by atoms with Crippen molar-refractivity contribution < 1.29 is 46.4 Å². The molecule has 0 radical (unpaired) electrons. The molecule has 1 heterocycles. The monoisotopic (exact) mass is 592 g/mol. The average Bonchev–Trinajstić information content (AvgIpc) is 2.87. The Morgan fingerprint density at radius 2 is 1.75 bits per heavy atom. The first-order chi connectivity index (χ1) is 18.7. The second-order valence-corrected chi connectivity index (χ2v) is 10.5. The third-order valence-corrected chi connectivity index (χ3v) is 6.38. The molecule has 2 unspecified atom stereocenters. The van der Waals surface area contributed by atoms with Crippen molar-refractivity contribution in [3.05, 3.63) is 73.8 Å². The van der Waals surface area contributed by atoms with Crippen molar-refractivity contribution >= 4 is 38.3 Å². The minimum Gasteiger partial charge on any atom is -0.768 e. The molecule has 0 bridgehead atoms. The highest BCUT2D eigenvalue weighted by Gasteiger charge is 2.34. The van der Waals surface area contributed by atoms with E-state index in [0.717, 1.165) is 18.2 Å². The van der Waals surface area contributed by atoms with E-state index in [2.05, 4.69) is 9.97 Å². The van der Waals surface area contributed by atoms with E-state index < -0.39 is 83.3 Å². The molecule has 2 atom stereocenters. The number of nitrogens with zero attached hydrogens (tertiary/aromatic N) is 5. The van der Waals surface area contributed by atoms with E-state index in [1.807, 2.05) is 0 Å². The van der Waals surface area contributed by atoms with Crippen molar-refractivity contribution in [1.82, 2.24) is 9.97 Å². The SMILES string of the molecule is CS(=O)(=O)c1nc(Oc2ccc(C#N)c([N+](=O)[O-])c2)c([N+](=O)[O-])c(OC(Cc2ccc(S(=O)[O-])cc2)C(=O)O)n1. The van der Waals surface area contributed by atoms with Crippen LogP contribution in [0.5, 0.6) is 17.5 Å². The van der Waals surface area contributed by atoms with Gasteiger partial charge in [-0.05, 0) is 40.9 Å². The van der Waals surface area contributed by atoms with Crippen LogP contribution in [0.2, 0.25) is 0 Å². The smallest absolute Gasteiger partial charge is 0.392 e. The highest BCUT2D eigenvalue weighted by Crippen LogP contribution is 2.39. The van der Waals surface area contributed by atoms with Crippen molar-refractivity contribution in [3.8, 4) is 23.6 Å². The van der Waals surface area contributed by atoms with E-state index in [-0.39, 0.29) is 16.0 Å². The molecule has 3 rings (SSSR count). The van der Waals surface area contributed by atoms with Gasteiger partial charge in [0.25, 0.3) is 10.8 Å². The first-order valence-electron chi connectivity index (χ1n) is 10.4. The van der Waals surface area contributed by atoms with Crippen LogP contribution in [0.4, 0.5) is 11.4 Å². The molecule has 208 valence electrons. The molecule has 0 saturated carbocycles. The number of nitro groups is 2. The van der Waals surface area contributed by atoms with E-state index in [1.165, 1.54) is 24.3 Å². The van der Waals surface area contributed by atoms with Gasteiger partial charge in [-0.15, -0.1) is 0 Å². The van der Waals surface area contributed by atoms with Gasteiger partial charge in [-0.1, -0.05) is 12.1 Å². The molecule has 0 aliphatic rings. The fraction of sp³-hybridized carbons (Fsp3) is 0.143. The maximum atomic E-state index is 12.2. The van der Waals surface area contributed by atoms with Gasteiger partial charge in [-0.2, -0.15) is 15.2 Å². The Hall–Kier alpha value is -5.06. The van der Waals surface area contributed by atoms with Crippen molar-refractivity contribution in [1.29, 1.82) is 5.26 Å². The van der Waals surface area contributed by atoms with Crippen LogP contribution in [0.1, 0.15) is 11.1 Å². The Bertz CT molecular complexity index is 1690. The molecule has 1 aromatic heterocycles. The van der Waals surface area contributed by atoms with Crippen LogP contribution in [0.3, 0.4) is 0 Å². The van der Waals surface area contributed by atoms with Gasteiger partial charge in [0.2, 0.25) is 15.9 Å². The van der Waals surface area contributed by atoms with Crippen LogP contribution in [0.15, 0.2) is 52.5 Å². The van der Waals surface area contributed by atoms with Crippen LogP contribution in [0, 0.1) is 31.6 Å². The highest BCUT2D eigenvalue weighted by atomic mass is 32.2. The summed E-state index contributed by atoms with van der Waals surface area (Å²) in [5.74, 6) is -4.26. The molecular formula is C21H14N5O12S2-. The Labute approximate surface area is 226 Å². The number of carbonyl (C=O) groups is 1. The zero-order chi connectivity index (χ0) is 29.8. The van der Waals surface area contributed by atoms with Gasteiger partial charge < -0.3 is 19.1 Å². The van der Waals surface area contributed by atoms with E-state index >= 15 is 0 Å². The number of hydrogen-bond donors (Lipinski definition) is 1. The summed E-state index contributed by atoms with van der Waals surface area (Å²) in [7, 11) is -4.30. The third kappa shape index (κ3) is 6.87. The summed E-state index contributed by atoms with van der Waals surface area (Å²) < 4.78 is 57.0. The molecule has 19 heteroatoms. The number of benzene rings is 2. The van der Waals surface area contributed by atoms with Crippen LogP contribution >= 0.6 is 0 Å². The van der Waals surface area contributed by atoms with Gasteiger partial charge in [-0.25, -0.2) is 13.2 Å². The van der Waals surface area contributed by atoms with Crippen molar-refractivity contribution in [2.24, 2.45) is 0 Å². The third-order valence-electron chi connectivity index (χ3n) is 4.88. The fourth-order valence-electron chi connectivity index (χ4n) is 3.07. The summed E-state index contributed by atoms with van der Waals surface area (Å²) >= 11 is -2.55. The number of sulfone groups is 1. The van der Waals surface area contributed by atoms with Crippen LogP contribution in [-0.2, 0) is 32.1 Å². The van der Waals surface area contributed by atoms with Gasteiger partial charge in [0.1, 0.15) is 17.4 Å². The summed E-state index contributed by atoms with van der Waals surface area (Å²) in [5.41, 5.74) is -2.06. The first kappa shape index (κ1) is 29.5. The number of nitriles is 1. The second kappa shape index (κ2) is 11.8. The molecule has 2 aromatic carbocycles. The van der Waals surface area contributed by atoms with Crippen molar-refractivity contribution in [2.45, 2.75) is 22.6 Å². The van der Waals surface area contributed by atoms with E-state index in [1.54, 1.807) is 6.07 Å². The lowest BCUT2D eigenvalue weighted by Gasteiger charge is -2.16. The lowest BCUT2D eigenvalue weighted by Crippen LogP contribution is -2.30. The number of aromatic nitrogens is 2. The highest BCUT2D eigenvalue weighted by molar-refractivity contribution is 7.90. The Balaban J connectivity index is 2.11. The normalized spacial score (nSPS) is 12.5. The second-order valence-electron chi connectivity index (χ2n) is 7.67. The average molecular weight is 593 g/mol. The Kier molecular flexibility index (Phi) is 8.68. The van der Waals surface area contributed by atoms with Crippen molar-refractivity contribution in [3.63, 3.8) is 0 Å². The molecule has 0 amide bonds. The van der Waals surface area contributed by atoms with Gasteiger partial charge in [0.05, 0.1) is 15.9 Å². The standard InChI is InChI=1S/C21H15N5O12S2/c1-40(35,36)21-23-18(37-13-5-4-12(10-22)15(9-13)25(29)30)17(26(31)32)19(24-21)38-16(20(27)28)8-11-2-6-14(7-3-11)39(33)34/h2-7,9,16H,8H2,1H3,(H,27,28)(H,33,34)/p-1. The fourth-order valence-corrected chi connectivity index (χ4v) is 3.92. The van der Waals surface area contributed by atoms with Gasteiger partial charge in [-0.3, -0.25) is 24.4 Å². The van der Waals surface area contributed by atoms with E-state index in [4.69, 9.17) is 14.7 Å². The number of carboxylic acid groups (broad SMARTS) is 1. The summed E-state index contributed by atoms with van der Waals surface area (Å²) in [6.45, 7) is 0. The molecule has 0 aliphatic heterocycles. The maximum Gasteiger partial charge on any atom is 0.392 e. The maximum absolute atomic E-state index is 12.2. The topological polar surface area (TPSA) is 266 Å². The number of nitro benzene ring substituents is 1. The molecule has 3 aromatic rings. The minimum absolute atomic E-state index is 0.0920. The Morgan fingerprint density at radius 1 is 1.12 bits per heavy atom. The number of hydrogen-bond acceptors (Lipinski definition) is 14. The number of rotatable bonds is 11. The summed E-state index contributed by atoms with van der Waals surface area (Å²) in [5, 5.41) is 40.8. The molecule has 0 saturated heterocycles. The Morgan fingerprint density at radius 3 is 2.25 bits per heavy atom.